The Morgan fingerprint density at radius 3 is 1.50 bits per heavy atom. The molecule has 54 heavy (non-hydrogen) atoms. The van der Waals surface area contributed by atoms with E-state index in [1.54, 1.807) is 9.80 Å². The summed E-state index contributed by atoms with van der Waals surface area (Å²) in [6, 6.07) is 13.0. The molecular weight excluding hydrogens is 836 g/mol. The first-order valence-electron chi connectivity index (χ1n) is 18.4. The van der Waals surface area contributed by atoms with Crippen LogP contribution in [0.15, 0.2) is 57.7 Å². The average molecular weight is 893 g/mol. The molecule has 4 aromatic rings. The molecule has 6 heterocycles. The van der Waals surface area contributed by atoms with E-state index in [0.717, 1.165) is 86.0 Å². The molecule has 8 rings (SSSR count). The van der Waals surface area contributed by atoms with Crippen LogP contribution in [-0.4, -0.2) is 91.1 Å². The summed E-state index contributed by atoms with van der Waals surface area (Å²) in [5.41, 5.74) is 4.40. The van der Waals surface area contributed by atoms with Crippen LogP contribution in [0.1, 0.15) is 85.3 Å². The zero-order valence-electron chi connectivity index (χ0n) is 30.4. The summed E-state index contributed by atoms with van der Waals surface area (Å²) in [5.74, 6) is 0. The summed E-state index contributed by atoms with van der Waals surface area (Å²) in [5, 5.41) is 2.15. The van der Waals surface area contributed by atoms with Gasteiger partial charge >= 0.3 is 17.5 Å². The SMILES string of the molecule is C.C.CC(C)(C)OC(=O)N1CCn2ccc3cc(Br)cc(c32)C1.O=C(Cl)N1CCCCC1.O=C(N1CCCCC1)N1CCn2ccc3cc(Br)cc(c32)C1. The summed E-state index contributed by atoms with van der Waals surface area (Å²) in [6.07, 6.45) is 11.0. The molecule has 0 aliphatic carbocycles. The highest BCUT2D eigenvalue weighted by atomic mass is 79.9. The van der Waals surface area contributed by atoms with Gasteiger partial charge in [-0.3, -0.25) is 4.79 Å². The second kappa shape index (κ2) is 19.1. The standard InChI is InChI=1S/C17H20BrN3O.C16H19BrN2O2.C6H10ClNO.2CH4/c18-15-10-13-4-7-19-8-9-21(12-14(11-15)16(13)19)17(22)20-5-2-1-3-6-20;1-16(2,3)21-15(20)19-7-6-18-5-4-11-8-13(17)9-12(10-19)14(11)18;7-6(9)8-4-2-1-3-5-8;;/h4,7,10-11H,1-3,5-6,8-9,12H2;4-5,8-9H,6-7,10H2,1-3H3;1-5H2;2*1H4. The third kappa shape index (κ3) is 10.8. The summed E-state index contributed by atoms with van der Waals surface area (Å²) >= 11 is 12.4. The Morgan fingerprint density at radius 2 is 1.06 bits per heavy atom. The molecule has 4 amide bonds. The van der Waals surface area contributed by atoms with Gasteiger partial charge in [-0.2, -0.15) is 0 Å². The highest BCUT2D eigenvalue weighted by Crippen LogP contribution is 2.30. The zero-order chi connectivity index (χ0) is 37.0. The van der Waals surface area contributed by atoms with Crippen LogP contribution in [0.2, 0.25) is 0 Å². The first-order chi connectivity index (χ1) is 24.9. The van der Waals surface area contributed by atoms with Crippen LogP contribution >= 0.6 is 43.5 Å². The molecule has 0 unspecified atom stereocenters. The van der Waals surface area contributed by atoms with Crippen LogP contribution in [0.25, 0.3) is 21.8 Å². The van der Waals surface area contributed by atoms with E-state index in [-0.39, 0.29) is 32.3 Å². The van der Waals surface area contributed by atoms with Crippen LogP contribution in [-0.2, 0) is 30.9 Å². The number of benzene rings is 2. The van der Waals surface area contributed by atoms with Gasteiger partial charge < -0.3 is 33.5 Å². The number of aromatic nitrogens is 2. The van der Waals surface area contributed by atoms with Crippen molar-refractivity contribution >= 4 is 82.8 Å². The van der Waals surface area contributed by atoms with Gasteiger partial charge in [-0.15, -0.1) is 0 Å². The largest absolute Gasteiger partial charge is 0.444 e. The molecule has 0 bridgehead atoms. The monoisotopic (exact) mass is 890 g/mol. The maximum Gasteiger partial charge on any atom is 0.410 e. The van der Waals surface area contributed by atoms with E-state index in [2.05, 4.69) is 89.8 Å². The van der Waals surface area contributed by atoms with E-state index < -0.39 is 5.60 Å². The van der Waals surface area contributed by atoms with Gasteiger partial charge in [0.1, 0.15) is 5.60 Å². The van der Waals surface area contributed by atoms with E-state index in [4.69, 9.17) is 16.3 Å². The number of rotatable bonds is 0. The van der Waals surface area contributed by atoms with Gasteiger partial charge in [-0.1, -0.05) is 46.7 Å². The molecule has 0 spiro atoms. The summed E-state index contributed by atoms with van der Waals surface area (Å²) < 4.78 is 12.1. The third-order valence-electron chi connectivity index (χ3n) is 9.91. The molecule has 2 saturated heterocycles. The molecule has 4 aliphatic rings. The molecule has 0 saturated carbocycles. The number of likely N-dealkylation sites (tertiary alicyclic amines) is 2. The number of hydrogen-bond donors (Lipinski definition) is 0. The third-order valence-corrected chi connectivity index (χ3v) is 11.1. The number of urea groups is 1. The van der Waals surface area contributed by atoms with Crippen LogP contribution in [0, 0.1) is 0 Å². The summed E-state index contributed by atoms with van der Waals surface area (Å²) in [4.78, 5) is 43.1. The van der Waals surface area contributed by atoms with Gasteiger partial charge in [0.25, 0.3) is 0 Å². The first kappa shape index (κ1) is 43.5. The smallest absolute Gasteiger partial charge is 0.410 e. The van der Waals surface area contributed by atoms with E-state index in [1.807, 2.05) is 30.6 Å². The quantitative estimate of drug-likeness (QED) is 0.130. The van der Waals surface area contributed by atoms with Crippen molar-refractivity contribution in [3.05, 3.63) is 68.9 Å². The Labute approximate surface area is 342 Å². The van der Waals surface area contributed by atoms with E-state index in [0.29, 0.717) is 19.6 Å². The number of carbonyl (C=O) groups is 3. The van der Waals surface area contributed by atoms with Gasteiger partial charge in [0.2, 0.25) is 0 Å². The molecular formula is C41H57Br2ClN6O4. The minimum absolute atomic E-state index is 0. The number of piperidine rings is 2. The van der Waals surface area contributed by atoms with Crippen LogP contribution in [0.4, 0.5) is 14.4 Å². The molecule has 0 radical (unpaired) electrons. The van der Waals surface area contributed by atoms with Crippen molar-refractivity contribution in [2.24, 2.45) is 0 Å². The maximum absolute atomic E-state index is 12.8. The summed E-state index contributed by atoms with van der Waals surface area (Å²) in [6.45, 7) is 13.6. The average Bonchev–Trinajstić information content (AvgIpc) is 3.59. The number of nitrogens with zero attached hydrogens (tertiary/aromatic N) is 6. The fourth-order valence-electron chi connectivity index (χ4n) is 7.44. The molecule has 296 valence electrons. The number of carbonyl (C=O) groups excluding carboxylic acids is 3. The molecule has 2 fully saturated rings. The van der Waals surface area contributed by atoms with E-state index in [1.165, 1.54) is 40.2 Å². The minimum Gasteiger partial charge on any atom is -0.444 e. The van der Waals surface area contributed by atoms with E-state index in [9.17, 15) is 14.4 Å². The van der Waals surface area contributed by atoms with Crippen molar-refractivity contribution in [3.8, 4) is 0 Å². The molecule has 0 N–H and O–H groups in total. The van der Waals surface area contributed by atoms with Crippen LogP contribution in [0.5, 0.6) is 0 Å². The normalized spacial score (nSPS) is 16.8. The number of hydrogen-bond acceptors (Lipinski definition) is 4. The van der Waals surface area contributed by atoms with E-state index >= 15 is 0 Å². The Balaban J connectivity index is 0.000000191. The second-order valence-electron chi connectivity index (χ2n) is 15.0. The lowest BCUT2D eigenvalue weighted by Crippen LogP contribution is -2.45. The van der Waals surface area contributed by atoms with Crippen LogP contribution in [0.3, 0.4) is 0 Å². The molecule has 2 aromatic heterocycles. The lowest BCUT2D eigenvalue weighted by molar-refractivity contribution is 0.0232. The van der Waals surface area contributed by atoms with Crippen molar-refractivity contribution in [2.75, 3.05) is 39.3 Å². The lowest BCUT2D eigenvalue weighted by Gasteiger charge is -2.32. The number of halogens is 3. The van der Waals surface area contributed by atoms with Crippen LogP contribution < -0.4 is 0 Å². The van der Waals surface area contributed by atoms with Crippen molar-refractivity contribution in [1.82, 2.24) is 28.7 Å². The Hall–Kier alpha value is -3.22. The highest BCUT2D eigenvalue weighted by Gasteiger charge is 2.27. The Bertz CT molecular complexity index is 1910. The van der Waals surface area contributed by atoms with Gasteiger partial charge in [0.05, 0.1) is 17.6 Å². The molecule has 10 nitrogen and oxygen atoms in total. The van der Waals surface area contributed by atoms with Gasteiger partial charge in [-0.25, -0.2) is 9.59 Å². The fraction of sp³-hybridized carbons (Fsp3) is 0.537. The van der Waals surface area contributed by atoms with Crippen molar-refractivity contribution in [2.45, 2.75) is 106 Å². The predicted molar refractivity (Wildman–Crippen MR) is 227 cm³/mol. The first-order valence-corrected chi connectivity index (χ1v) is 20.3. The highest BCUT2D eigenvalue weighted by molar-refractivity contribution is 9.10. The molecule has 13 heteroatoms. The summed E-state index contributed by atoms with van der Waals surface area (Å²) in [7, 11) is 0. The molecule has 4 aliphatic heterocycles. The van der Waals surface area contributed by atoms with Crippen molar-refractivity contribution in [1.29, 1.82) is 0 Å². The molecule has 0 atom stereocenters. The number of ether oxygens (including phenoxy) is 1. The van der Waals surface area contributed by atoms with Gasteiger partial charge in [0, 0.05) is 91.0 Å². The predicted octanol–water partition coefficient (Wildman–Crippen LogP) is 11.1. The van der Waals surface area contributed by atoms with Gasteiger partial charge in [-0.05, 0) is 118 Å². The van der Waals surface area contributed by atoms with Gasteiger partial charge in [0.15, 0.2) is 0 Å². The minimum atomic E-state index is -0.467. The zero-order valence-corrected chi connectivity index (χ0v) is 34.3. The second-order valence-corrected chi connectivity index (χ2v) is 17.1. The maximum atomic E-state index is 12.8. The number of amides is 4. The Morgan fingerprint density at radius 1 is 0.611 bits per heavy atom. The molecule has 2 aromatic carbocycles. The Kier molecular flexibility index (Phi) is 15.4. The van der Waals surface area contributed by atoms with Crippen molar-refractivity contribution < 1.29 is 19.1 Å². The lowest BCUT2D eigenvalue weighted by atomic mass is 10.1. The topological polar surface area (TPSA) is 83.3 Å². The fourth-order valence-corrected chi connectivity index (χ4v) is 8.66. The van der Waals surface area contributed by atoms with Crippen molar-refractivity contribution in [3.63, 3.8) is 0 Å².